The highest BCUT2D eigenvalue weighted by Crippen LogP contribution is 2.50. The summed E-state index contributed by atoms with van der Waals surface area (Å²) in [6.07, 6.45) is 2.80. The van der Waals surface area contributed by atoms with Crippen LogP contribution in [0.4, 0.5) is 0 Å². The van der Waals surface area contributed by atoms with Crippen LogP contribution in [0.3, 0.4) is 0 Å². The van der Waals surface area contributed by atoms with Crippen LogP contribution in [-0.4, -0.2) is 78.1 Å². The topological polar surface area (TPSA) is 87.9 Å². The summed E-state index contributed by atoms with van der Waals surface area (Å²) in [4.78, 5) is 29.3. The Morgan fingerprint density at radius 2 is 1.85 bits per heavy atom. The summed E-state index contributed by atoms with van der Waals surface area (Å²) in [6, 6.07) is 0.228. The normalized spacial score (nSPS) is 32.7. The van der Waals surface area contributed by atoms with E-state index in [4.69, 9.17) is 10.5 Å². The zero-order valence-corrected chi connectivity index (χ0v) is 16.6. The predicted molar refractivity (Wildman–Crippen MR) is 99.5 cm³/mol. The minimum atomic E-state index is -0.857. The Morgan fingerprint density at radius 1 is 1.23 bits per heavy atom. The SMILES string of the molecule is CCOC1CC(N)(C(=O)N2CCN(C(C)C(=O)NC3CC3)CC2)C1(C)C. The third kappa shape index (κ3) is 3.37. The number of rotatable bonds is 6. The quantitative estimate of drug-likeness (QED) is 0.707. The summed E-state index contributed by atoms with van der Waals surface area (Å²) in [7, 11) is 0. The summed E-state index contributed by atoms with van der Waals surface area (Å²) in [5.41, 5.74) is 5.31. The number of nitrogens with one attached hydrogen (secondary N) is 1. The van der Waals surface area contributed by atoms with Crippen LogP contribution >= 0.6 is 0 Å². The van der Waals surface area contributed by atoms with E-state index < -0.39 is 5.54 Å². The van der Waals surface area contributed by atoms with E-state index in [-0.39, 0.29) is 29.4 Å². The van der Waals surface area contributed by atoms with Crippen molar-refractivity contribution in [3.05, 3.63) is 0 Å². The lowest BCUT2D eigenvalue weighted by Gasteiger charge is -2.59. The fourth-order valence-corrected chi connectivity index (χ4v) is 4.11. The van der Waals surface area contributed by atoms with Crippen molar-refractivity contribution in [2.45, 2.75) is 70.7 Å². The summed E-state index contributed by atoms with van der Waals surface area (Å²) in [5, 5.41) is 3.06. The molecule has 2 aliphatic carbocycles. The lowest BCUT2D eigenvalue weighted by molar-refractivity contribution is -0.180. The van der Waals surface area contributed by atoms with E-state index in [1.807, 2.05) is 32.6 Å². The van der Waals surface area contributed by atoms with E-state index >= 15 is 0 Å². The van der Waals surface area contributed by atoms with Gasteiger partial charge in [0.15, 0.2) is 0 Å². The molecule has 2 saturated carbocycles. The van der Waals surface area contributed by atoms with Gasteiger partial charge in [0.2, 0.25) is 11.8 Å². The molecule has 1 aliphatic heterocycles. The summed E-state index contributed by atoms with van der Waals surface area (Å²) >= 11 is 0. The Morgan fingerprint density at radius 3 is 2.35 bits per heavy atom. The first-order valence-corrected chi connectivity index (χ1v) is 9.95. The van der Waals surface area contributed by atoms with Gasteiger partial charge in [0, 0.05) is 50.7 Å². The molecule has 7 nitrogen and oxygen atoms in total. The van der Waals surface area contributed by atoms with Crippen molar-refractivity contribution in [2.75, 3.05) is 32.8 Å². The molecule has 0 aromatic carbocycles. The number of carbonyl (C=O) groups excluding carboxylic acids is 2. The van der Waals surface area contributed by atoms with Crippen LogP contribution < -0.4 is 11.1 Å². The highest BCUT2D eigenvalue weighted by Gasteiger charge is 2.63. The first-order valence-electron chi connectivity index (χ1n) is 9.95. The van der Waals surface area contributed by atoms with Gasteiger partial charge in [-0.05, 0) is 26.7 Å². The maximum atomic E-state index is 13.1. The van der Waals surface area contributed by atoms with E-state index in [2.05, 4.69) is 10.2 Å². The molecule has 3 aliphatic rings. The molecule has 148 valence electrons. The average Bonchev–Trinajstić information content (AvgIpc) is 3.44. The van der Waals surface area contributed by atoms with E-state index in [1.54, 1.807) is 0 Å². The van der Waals surface area contributed by atoms with Gasteiger partial charge in [0.25, 0.3) is 0 Å². The predicted octanol–water partition coefficient (Wildman–Crippen LogP) is 0.330. The van der Waals surface area contributed by atoms with Crippen molar-refractivity contribution < 1.29 is 14.3 Å². The van der Waals surface area contributed by atoms with Crippen LogP contribution in [0.5, 0.6) is 0 Å². The Balaban J connectivity index is 1.53. The number of ether oxygens (including phenoxy) is 1. The van der Waals surface area contributed by atoms with Crippen LogP contribution in [0.15, 0.2) is 0 Å². The lowest BCUT2D eigenvalue weighted by atomic mass is 9.54. The van der Waals surface area contributed by atoms with Gasteiger partial charge in [-0.1, -0.05) is 13.8 Å². The van der Waals surface area contributed by atoms with Gasteiger partial charge in [-0.3, -0.25) is 14.5 Å². The fraction of sp³-hybridized carbons (Fsp3) is 0.895. The van der Waals surface area contributed by atoms with Gasteiger partial charge in [-0.15, -0.1) is 0 Å². The molecular weight excluding hydrogens is 332 g/mol. The van der Waals surface area contributed by atoms with E-state index in [1.165, 1.54) is 0 Å². The Kier molecular flexibility index (Phi) is 5.34. The second-order valence-electron chi connectivity index (χ2n) is 8.63. The second kappa shape index (κ2) is 7.09. The number of piperazine rings is 1. The molecule has 0 radical (unpaired) electrons. The molecule has 3 rings (SSSR count). The average molecular weight is 367 g/mol. The van der Waals surface area contributed by atoms with Crippen molar-refractivity contribution in [1.29, 1.82) is 0 Å². The van der Waals surface area contributed by atoms with Crippen molar-refractivity contribution in [3.63, 3.8) is 0 Å². The van der Waals surface area contributed by atoms with Crippen LogP contribution in [0.2, 0.25) is 0 Å². The molecule has 3 unspecified atom stereocenters. The molecule has 0 bridgehead atoms. The van der Waals surface area contributed by atoms with Gasteiger partial charge in [-0.2, -0.15) is 0 Å². The number of nitrogens with zero attached hydrogens (tertiary/aromatic N) is 2. The first kappa shape index (κ1) is 19.6. The van der Waals surface area contributed by atoms with Crippen molar-refractivity contribution >= 4 is 11.8 Å². The number of carbonyl (C=O) groups is 2. The first-order chi connectivity index (χ1) is 12.2. The highest BCUT2D eigenvalue weighted by molar-refractivity contribution is 5.89. The van der Waals surface area contributed by atoms with Gasteiger partial charge < -0.3 is 20.7 Å². The standard InChI is InChI=1S/C19H34N4O3/c1-5-26-15-12-19(20,18(15,3)4)17(25)23-10-8-22(9-11-23)13(2)16(24)21-14-6-7-14/h13-15H,5-12,20H2,1-4H3,(H,21,24). The summed E-state index contributed by atoms with van der Waals surface area (Å²) in [6.45, 7) is 11.2. The van der Waals surface area contributed by atoms with Crippen LogP contribution in [0.1, 0.15) is 47.0 Å². The van der Waals surface area contributed by atoms with Crippen LogP contribution in [0, 0.1) is 5.41 Å². The number of amides is 2. The number of nitrogens with two attached hydrogens (primary N) is 1. The molecule has 3 fully saturated rings. The van der Waals surface area contributed by atoms with Gasteiger partial charge in [0.1, 0.15) is 5.54 Å². The molecule has 26 heavy (non-hydrogen) atoms. The molecule has 1 saturated heterocycles. The Labute approximate surface area is 156 Å². The van der Waals surface area contributed by atoms with Crippen molar-refractivity contribution in [3.8, 4) is 0 Å². The maximum absolute atomic E-state index is 13.1. The molecule has 0 aromatic heterocycles. The summed E-state index contributed by atoms with van der Waals surface area (Å²) in [5.74, 6) is 0.121. The maximum Gasteiger partial charge on any atom is 0.243 e. The third-order valence-corrected chi connectivity index (χ3v) is 6.66. The van der Waals surface area contributed by atoms with Crippen molar-refractivity contribution in [1.82, 2.24) is 15.1 Å². The molecule has 1 heterocycles. The Hall–Kier alpha value is -1.18. The van der Waals surface area contributed by atoms with E-state index in [9.17, 15) is 9.59 Å². The highest BCUT2D eigenvalue weighted by atomic mass is 16.5. The molecule has 2 amide bonds. The smallest absolute Gasteiger partial charge is 0.243 e. The van der Waals surface area contributed by atoms with Crippen molar-refractivity contribution in [2.24, 2.45) is 11.1 Å². The zero-order chi connectivity index (χ0) is 19.1. The van der Waals surface area contributed by atoms with Gasteiger partial charge in [-0.25, -0.2) is 0 Å². The summed E-state index contributed by atoms with van der Waals surface area (Å²) < 4.78 is 5.73. The molecule has 0 spiro atoms. The minimum Gasteiger partial charge on any atom is -0.378 e. The number of hydrogen-bond acceptors (Lipinski definition) is 5. The third-order valence-electron chi connectivity index (χ3n) is 6.66. The zero-order valence-electron chi connectivity index (χ0n) is 16.6. The molecular formula is C19H34N4O3. The minimum absolute atomic E-state index is 0.0215. The van der Waals surface area contributed by atoms with Gasteiger partial charge >= 0.3 is 0 Å². The molecule has 3 atom stereocenters. The monoisotopic (exact) mass is 366 g/mol. The van der Waals surface area contributed by atoms with Gasteiger partial charge in [0.05, 0.1) is 12.1 Å². The van der Waals surface area contributed by atoms with Crippen LogP contribution in [-0.2, 0) is 14.3 Å². The largest absolute Gasteiger partial charge is 0.378 e. The Bertz CT molecular complexity index is 555. The molecule has 3 N–H and O–H groups in total. The molecule has 0 aromatic rings. The van der Waals surface area contributed by atoms with E-state index in [0.717, 1.165) is 12.8 Å². The second-order valence-corrected chi connectivity index (χ2v) is 8.63. The fourth-order valence-electron chi connectivity index (χ4n) is 4.11. The lowest BCUT2D eigenvalue weighted by Crippen LogP contribution is -2.76. The molecule has 7 heteroatoms. The van der Waals surface area contributed by atoms with E-state index in [0.29, 0.717) is 45.2 Å². The number of hydrogen-bond donors (Lipinski definition) is 2. The van der Waals surface area contributed by atoms with Crippen LogP contribution in [0.25, 0.3) is 0 Å².